The van der Waals surface area contributed by atoms with E-state index in [1.165, 1.54) is 0 Å². The summed E-state index contributed by atoms with van der Waals surface area (Å²) in [6, 6.07) is 0. The number of amides is 2. The summed E-state index contributed by atoms with van der Waals surface area (Å²) in [7, 11) is 0. The molecular weight excluding hydrogens is 260 g/mol. The summed E-state index contributed by atoms with van der Waals surface area (Å²) in [5.74, 6) is -1.48. The van der Waals surface area contributed by atoms with E-state index < -0.39 is 11.4 Å². The van der Waals surface area contributed by atoms with Crippen LogP contribution in [0, 0.1) is 17.3 Å². The third kappa shape index (κ3) is 2.78. The van der Waals surface area contributed by atoms with Gasteiger partial charge in [-0.2, -0.15) is 0 Å². The Labute approximate surface area is 118 Å². The van der Waals surface area contributed by atoms with Gasteiger partial charge in [-0.1, -0.05) is 0 Å². The third-order valence-corrected chi connectivity index (χ3v) is 4.81. The maximum absolute atomic E-state index is 12.4. The number of carbonyl (C=O) groups is 3. The average molecular weight is 282 g/mol. The minimum absolute atomic E-state index is 0.0545. The molecule has 2 rings (SSSR count). The lowest BCUT2D eigenvalue weighted by molar-refractivity contribution is -0.145. The fourth-order valence-corrected chi connectivity index (χ4v) is 3.20. The second-order valence-corrected chi connectivity index (χ2v) is 6.32. The van der Waals surface area contributed by atoms with Crippen LogP contribution < -0.4 is 5.73 Å². The van der Waals surface area contributed by atoms with Crippen LogP contribution in [-0.4, -0.2) is 40.9 Å². The summed E-state index contributed by atoms with van der Waals surface area (Å²) in [4.78, 5) is 36.4. The zero-order valence-electron chi connectivity index (χ0n) is 11.8. The Hall–Kier alpha value is -1.59. The molecule has 1 unspecified atom stereocenters. The van der Waals surface area contributed by atoms with Crippen LogP contribution in [0.25, 0.3) is 0 Å². The van der Waals surface area contributed by atoms with Crippen LogP contribution in [0.15, 0.2) is 0 Å². The van der Waals surface area contributed by atoms with Crippen molar-refractivity contribution in [3.8, 4) is 0 Å². The first-order valence-electron chi connectivity index (χ1n) is 7.15. The number of aliphatic carboxylic acids is 1. The summed E-state index contributed by atoms with van der Waals surface area (Å²) < 4.78 is 0. The van der Waals surface area contributed by atoms with E-state index in [9.17, 15) is 14.4 Å². The first-order chi connectivity index (χ1) is 9.33. The number of hydrogen-bond acceptors (Lipinski definition) is 3. The summed E-state index contributed by atoms with van der Waals surface area (Å²) in [5, 5.41) is 8.96. The predicted molar refractivity (Wildman–Crippen MR) is 71.6 cm³/mol. The summed E-state index contributed by atoms with van der Waals surface area (Å²) in [6.45, 7) is 2.75. The molecule has 3 N–H and O–H groups in total. The van der Waals surface area contributed by atoms with Gasteiger partial charge in [0.1, 0.15) is 0 Å². The van der Waals surface area contributed by atoms with E-state index in [1.807, 2.05) is 0 Å². The van der Waals surface area contributed by atoms with Gasteiger partial charge in [-0.05, 0) is 39.0 Å². The SMILES string of the molecule is CC1(C(N)=O)CCN(C(=O)C2CCC(C(=O)O)CC2)C1. The highest BCUT2D eigenvalue weighted by Gasteiger charge is 2.42. The maximum atomic E-state index is 12.4. The molecule has 0 bridgehead atoms. The Morgan fingerprint density at radius 3 is 2.15 bits per heavy atom. The normalized spacial score (nSPS) is 34.0. The van der Waals surface area contributed by atoms with Gasteiger partial charge >= 0.3 is 5.97 Å². The fraction of sp³-hybridized carbons (Fsp3) is 0.786. The smallest absolute Gasteiger partial charge is 0.306 e. The molecule has 0 aromatic heterocycles. The standard InChI is InChI=1S/C14H22N2O4/c1-14(13(15)20)6-7-16(8-14)11(17)9-2-4-10(5-3-9)12(18)19/h9-10H,2-8H2,1H3,(H2,15,20)(H,18,19). The number of carbonyl (C=O) groups excluding carboxylic acids is 2. The number of carboxylic acids is 1. The molecule has 6 nitrogen and oxygen atoms in total. The molecule has 6 heteroatoms. The van der Waals surface area contributed by atoms with Gasteiger partial charge in [-0.25, -0.2) is 0 Å². The lowest BCUT2D eigenvalue weighted by Crippen LogP contribution is -2.41. The van der Waals surface area contributed by atoms with Gasteiger partial charge in [0, 0.05) is 19.0 Å². The third-order valence-electron chi connectivity index (χ3n) is 4.81. The van der Waals surface area contributed by atoms with E-state index in [1.54, 1.807) is 11.8 Å². The number of carboxylic acid groups (broad SMARTS) is 1. The minimum Gasteiger partial charge on any atom is -0.481 e. The second-order valence-electron chi connectivity index (χ2n) is 6.32. The number of nitrogens with two attached hydrogens (primary N) is 1. The molecule has 2 aliphatic rings. The highest BCUT2D eigenvalue weighted by Crippen LogP contribution is 2.34. The number of nitrogens with zero attached hydrogens (tertiary/aromatic N) is 1. The van der Waals surface area contributed by atoms with Gasteiger partial charge in [0.15, 0.2) is 0 Å². The average Bonchev–Trinajstić information content (AvgIpc) is 2.82. The van der Waals surface area contributed by atoms with Gasteiger partial charge in [-0.15, -0.1) is 0 Å². The molecule has 0 spiro atoms. The molecule has 0 radical (unpaired) electrons. The molecule has 0 aromatic carbocycles. The molecule has 1 aliphatic carbocycles. The zero-order chi connectivity index (χ0) is 14.9. The van der Waals surface area contributed by atoms with Gasteiger partial charge in [-0.3, -0.25) is 14.4 Å². The number of primary amides is 1. The van der Waals surface area contributed by atoms with Crippen molar-refractivity contribution in [3.63, 3.8) is 0 Å². The Morgan fingerprint density at radius 1 is 1.15 bits per heavy atom. The molecule has 1 aliphatic heterocycles. The fourth-order valence-electron chi connectivity index (χ4n) is 3.20. The first kappa shape index (κ1) is 14.8. The van der Waals surface area contributed by atoms with E-state index in [-0.39, 0.29) is 23.7 Å². The summed E-state index contributed by atoms with van der Waals surface area (Å²) in [5.41, 5.74) is 4.77. The van der Waals surface area contributed by atoms with Crippen molar-refractivity contribution in [1.82, 2.24) is 4.90 Å². The Bertz CT molecular complexity index is 429. The van der Waals surface area contributed by atoms with Crippen LogP contribution >= 0.6 is 0 Å². The Balaban J connectivity index is 1.91. The molecule has 0 aromatic rings. The van der Waals surface area contributed by atoms with Crippen LogP contribution in [0.5, 0.6) is 0 Å². The van der Waals surface area contributed by atoms with Crippen LogP contribution in [0.3, 0.4) is 0 Å². The molecule has 20 heavy (non-hydrogen) atoms. The zero-order valence-corrected chi connectivity index (χ0v) is 11.8. The van der Waals surface area contributed by atoms with E-state index in [4.69, 9.17) is 10.8 Å². The van der Waals surface area contributed by atoms with Crippen LogP contribution in [0.1, 0.15) is 39.0 Å². The second kappa shape index (κ2) is 5.42. The van der Waals surface area contributed by atoms with E-state index in [2.05, 4.69) is 0 Å². The number of likely N-dealkylation sites (tertiary alicyclic amines) is 1. The van der Waals surface area contributed by atoms with Crippen molar-refractivity contribution < 1.29 is 19.5 Å². The lowest BCUT2D eigenvalue weighted by Gasteiger charge is -2.29. The molecule has 1 atom stereocenters. The predicted octanol–water partition coefficient (Wildman–Crippen LogP) is 0.601. The van der Waals surface area contributed by atoms with Gasteiger partial charge in [0.2, 0.25) is 11.8 Å². The van der Waals surface area contributed by atoms with Crippen molar-refractivity contribution >= 4 is 17.8 Å². The van der Waals surface area contributed by atoms with E-state index in [0.29, 0.717) is 45.2 Å². The number of rotatable bonds is 3. The van der Waals surface area contributed by atoms with E-state index >= 15 is 0 Å². The number of hydrogen-bond donors (Lipinski definition) is 2. The Morgan fingerprint density at radius 2 is 1.70 bits per heavy atom. The van der Waals surface area contributed by atoms with E-state index in [0.717, 1.165) is 0 Å². The van der Waals surface area contributed by atoms with Gasteiger partial charge in [0.25, 0.3) is 0 Å². The van der Waals surface area contributed by atoms with Crippen molar-refractivity contribution in [1.29, 1.82) is 0 Å². The largest absolute Gasteiger partial charge is 0.481 e. The molecule has 112 valence electrons. The van der Waals surface area contributed by atoms with Crippen LogP contribution in [-0.2, 0) is 14.4 Å². The van der Waals surface area contributed by atoms with Crippen molar-refractivity contribution in [2.45, 2.75) is 39.0 Å². The molecule has 2 amide bonds. The van der Waals surface area contributed by atoms with Crippen molar-refractivity contribution in [3.05, 3.63) is 0 Å². The summed E-state index contributed by atoms with van der Waals surface area (Å²) in [6.07, 6.45) is 2.98. The van der Waals surface area contributed by atoms with Gasteiger partial charge < -0.3 is 15.7 Å². The van der Waals surface area contributed by atoms with Crippen LogP contribution in [0.2, 0.25) is 0 Å². The molecule has 2 fully saturated rings. The summed E-state index contributed by atoms with van der Waals surface area (Å²) >= 11 is 0. The lowest BCUT2D eigenvalue weighted by atomic mass is 9.81. The minimum atomic E-state index is -0.765. The molecule has 1 saturated carbocycles. The maximum Gasteiger partial charge on any atom is 0.306 e. The molecule has 1 heterocycles. The van der Waals surface area contributed by atoms with Gasteiger partial charge in [0.05, 0.1) is 11.3 Å². The first-order valence-corrected chi connectivity index (χ1v) is 7.15. The molecular formula is C14H22N2O4. The Kier molecular flexibility index (Phi) is 4.01. The van der Waals surface area contributed by atoms with Crippen LogP contribution in [0.4, 0.5) is 0 Å². The monoisotopic (exact) mass is 282 g/mol. The highest BCUT2D eigenvalue weighted by atomic mass is 16.4. The molecule has 1 saturated heterocycles. The highest BCUT2D eigenvalue weighted by molar-refractivity contribution is 5.84. The topological polar surface area (TPSA) is 101 Å². The quantitative estimate of drug-likeness (QED) is 0.791. The van der Waals surface area contributed by atoms with Crippen molar-refractivity contribution in [2.75, 3.05) is 13.1 Å². The van der Waals surface area contributed by atoms with Crippen molar-refractivity contribution in [2.24, 2.45) is 23.0 Å².